The van der Waals surface area contributed by atoms with E-state index >= 15 is 0 Å². The fraction of sp³-hybridized carbons (Fsp3) is 0.300. The molecule has 0 spiro atoms. The molecule has 0 N–H and O–H groups in total. The minimum absolute atomic E-state index is 0.0761. The van der Waals surface area contributed by atoms with Gasteiger partial charge in [-0.3, -0.25) is 4.57 Å². The van der Waals surface area contributed by atoms with Crippen molar-refractivity contribution < 1.29 is 17.6 Å². The van der Waals surface area contributed by atoms with Crippen molar-refractivity contribution >= 4 is 22.9 Å². The second kappa shape index (κ2) is 8.22. The van der Waals surface area contributed by atoms with Gasteiger partial charge in [0.15, 0.2) is 5.01 Å². The summed E-state index contributed by atoms with van der Waals surface area (Å²) in [5.41, 5.74) is 1.43. The molecule has 11 heteroatoms. The Hall–Kier alpha value is -3.08. The summed E-state index contributed by atoms with van der Waals surface area (Å²) in [6.07, 6.45) is -0.743. The number of aromatic nitrogens is 4. The first-order valence-electron chi connectivity index (χ1n) is 9.38. The van der Waals surface area contributed by atoms with Gasteiger partial charge < -0.3 is 4.90 Å². The van der Waals surface area contributed by atoms with Crippen LogP contribution in [-0.4, -0.2) is 32.6 Å². The summed E-state index contributed by atoms with van der Waals surface area (Å²) < 4.78 is 52.5. The highest BCUT2D eigenvalue weighted by molar-refractivity contribution is 7.11. The Morgan fingerprint density at radius 1 is 1.16 bits per heavy atom. The standard InChI is InChI=1S/C20H17F4N5OS/c1-12-26-18(28-8-6-14(7-9-28)13-2-4-15(21)5-3-13)27-19(30)29(12)11-16-10-25-17(31-16)20(22,23)24/h2-6,10H,7-9,11H2,1H3. The van der Waals surface area contributed by atoms with Gasteiger partial charge in [-0.1, -0.05) is 18.2 Å². The SMILES string of the molecule is Cc1nc(N2CC=C(c3ccc(F)cc3)CC2)nc(=O)n1Cc1cnc(C(F)(F)F)s1. The van der Waals surface area contributed by atoms with Gasteiger partial charge in [0.25, 0.3) is 0 Å². The van der Waals surface area contributed by atoms with Crippen molar-refractivity contribution in [3.63, 3.8) is 0 Å². The van der Waals surface area contributed by atoms with Crippen LogP contribution in [0.1, 0.15) is 27.7 Å². The summed E-state index contributed by atoms with van der Waals surface area (Å²) in [6.45, 7) is 2.60. The lowest BCUT2D eigenvalue weighted by Crippen LogP contribution is -2.35. The quantitative estimate of drug-likeness (QED) is 0.563. The largest absolute Gasteiger partial charge is 0.443 e. The molecule has 1 aliphatic rings. The number of benzene rings is 1. The van der Waals surface area contributed by atoms with Gasteiger partial charge in [-0.2, -0.15) is 23.1 Å². The van der Waals surface area contributed by atoms with E-state index in [2.05, 4.69) is 15.0 Å². The van der Waals surface area contributed by atoms with E-state index in [9.17, 15) is 22.4 Å². The van der Waals surface area contributed by atoms with Gasteiger partial charge in [0.1, 0.15) is 11.6 Å². The highest BCUT2D eigenvalue weighted by Gasteiger charge is 2.34. The van der Waals surface area contributed by atoms with Crippen LogP contribution in [-0.2, 0) is 12.7 Å². The van der Waals surface area contributed by atoms with Crippen molar-refractivity contribution in [3.8, 4) is 0 Å². The first kappa shape index (κ1) is 21.2. The number of rotatable bonds is 4. The van der Waals surface area contributed by atoms with Crippen LogP contribution in [0.4, 0.5) is 23.5 Å². The maximum atomic E-state index is 13.1. The summed E-state index contributed by atoms with van der Waals surface area (Å²) in [7, 11) is 0. The van der Waals surface area contributed by atoms with Crippen LogP contribution in [0.3, 0.4) is 0 Å². The first-order chi connectivity index (χ1) is 14.7. The van der Waals surface area contributed by atoms with E-state index in [-0.39, 0.29) is 18.3 Å². The summed E-state index contributed by atoms with van der Waals surface area (Å²) >= 11 is 0.490. The van der Waals surface area contributed by atoms with Gasteiger partial charge in [0, 0.05) is 24.2 Å². The average molecular weight is 451 g/mol. The van der Waals surface area contributed by atoms with Crippen molar-refractivity contribution in [1.29, 1.82) is 0 Å². The number of aryl methyl sites for hydroxylation is 1. The molecule has 3 aromatic rings. The lowest BCUT2D eigenvalue weighted by atomic mass is 10.00. The van der Waals surface area contributed by atoms with E-state index in [0.717, 1.165) is 17.3 Å². The predicted octanol–water partition coefficient (Wildman–Crippen LogP) is 3.90. The molecule has 0 saturated heterocycles. The van der Waals surface area contributed by atoms with E-state index in [0.29, 0.717) is 41.5 Å². The van der Waals surface area contributed by atoms with Gasteiger partial charge in [-0.15, -0.1) is 11.3 Å². The molecule has 0 aliphatic carbocycles. The smallest absolute Gasteiger partial charge is 0.337 e. The molecule has 0 atom stereocenters. The topological polar surface area (TPSA) is 63.9 Å². The molecule has 1 aromatic carbocycles. The van der Waals surface area contributed by atoms with Gasteiger partial charge in [-0.25, -0.2) is 14.2 Å². The van der Waals surface area contributed by atoms with Crippen molar-refractivity contribution in [2.24, 2.45) is 0 Å². The lowest BCUT2D eigenvalue weighted by Gasteiger charge is -2.27. The monoisotopic (exact) mass is 451 g/mol. The Bertz CT molecular complexity index is 1180. The highest BCUT2D eigenvalue weighted by atomic mass is 32.1. The third kappa shape index (κ3) is 4.66. The third-order valence-electron chi connectivity index (χ3n) is 4.90. The molecule has 4 rings (SSSR count). The number of hydrogen-bond donors (Lipinski definition) is 0. The zero-order valence-corrected chi connectivity index (χ0v) is 17.2. The van der Waals surface area contributed by atoms with E-state index in [1.54, 1.807) is 19.1 Å². The van der Waals surface area contributed by atoms with Crippen LogP contribution in [0.5, 0.6) is 0 Å². The van der Waals surface area contributed by atoms with E-state index in [4.69, 9.17) is 0 Å². The molecule has 0 fully saturated rings. The number of thiazole rings is 1. The van der Waals surface area contributed by atoms with Crippen LogP contribution < -0.4 is 10.6 Å². The fourth-order valence-corrected chi connectivity index (χ4v) is 4.05. The zero-order valence-electron chi connectivity index (χ0n) is 16.4. The molecule has 6 nitrogen and oxygen atoms in total. The number of halogens is 4. The molecule has 31 heavy (non-hydrogen) atoms. The zero-order chi connectivity index (χ0) is 22.2. The molecule has 0 radical (unpaired) electrons. The van der Waals surface area contributed by atoms with Crippen LogP contribution >= 0.6 is 11.3 Å². The Morgan fingerprint density at radius 2 is 1.90 bits per heavy atom. The normalized spacial score (nSPS) is 14.6. The molecule has 0 amide bonds. The Labute approximate surface area is 178 Å². The lowest BCUT2D eigenvalue weighted by molar-refractivity contribution is -0.137. The molecule has 2 aromatic heterocycles. The number of nitrogens with zero attached hydrogens (tertiary/aromatic N) is 5. The van der Waals surface area contributed by atoms with Crippen LogP contribution in [0.25, 0.3) is 5.57 Å². The molecular formula is C20H17F4N5OS. The summed E-state index contributed by atoms with van der Waals surface area (Å²) in [5, 5.41) is -0.956. The number of anilines is 1. The van der Waals surface area contributed by atoms with Crippen molar-refractivity contribution in [3.05, 3.63) is 74.1 Å². The summed E-state index contributed by atoms with van der Waals surface area (Å²) in [5.74, 6) is 0.331. The summed E-state index contributed by atoms with van der Waals surface area (Å²) in [6, 6.07) is 6.27. The third-order valence-corrected chi connectivity index (χ3v) is 5.92. The molecule has 0 bridgehead atoms. The van der Waals surface area contributed by atoms with Gasteiger partial charge in [-0.05, 0) is 36.6 Å². The van der Waals surface area contributed by atoms with Crippen molar-refractivity contribution in [2.75, 3.05) is 18.0 Å². The Kier molecular flexibility index (Phi) is 5.61. The number of hydrogen-bond acceptors (Lipinski definition) is 6. The van der Waals surface area contributed by atoms with E-state index in [1.165, 1.54) is 16.7 Å². The second-order valence-corrected chi connectivity index (χ2v) is 8.12. The molecule has 3 heterocycles. The maximum Gasteiger partial charge on any atom is 0.443 e. The molecular weight excluding hydrogens is 434 g/mol. The maximum absolute atomic E-state index is 13.1. The van der Waals surface area contributed by atoms with Crippen molar-refractivity contribution in [2.45, 2.75) is 26.1 Å². The minimum atomic E-state index is -4.52. The Morgan fingerprint density at radius 3 is 2.48 bits per heavy atom. The molecule has 0 saturated carbocycles. The fourth-order valence-electron chi connectivity index (χ4n) is 3.28. The van der Waals surface area contributed by atoms with Gasteiger partial charge in [0.05, 0.1) is 6.54 Å². The number of alkyl halides is 3. The molecule has 0 unspecified atom stereocenters. The minimum Gasteiger partial charge on any atom is -0.337 e. The van der Waals surface area contributed by atoms with Crippen LogP contribution in [0, 0.1) is 12.7 Å². The average Bonchev–Trinajstić information content (AvgIpc) is 3.21. The second-order valence-electron chi connectivity index (χ2n) is 7.00. The van der Waals surface area contributed by atoms with Crippen molar-refractivity contribution in [1.82, 2.24) is 19.5 Å². The van der Waals surface area contributed by atoms with E-state index < -0.39 is 16.9 Å². The first-order valence-corrected chi connectivity index (χ1v) is 10.2. The predicted molar refractivity (Wildman–Crippen MR) is 108 cm³/mol. The van der Waals surface area contributed by atoms with Gasteiger partial charge >= 0.3 is 11.9 Å². The Balaban J connectivity index is 1.50. The van der Waals surface area contributed by atoms with Gasteiger partial charge in [0.2, 0.25) is 5.95 Å². The summed E-state index contributed by atoms with van der Waals surface area (Å²) in [4.78, 5) is 26.4. The van der Waals surface area contributed by atoms with Crippen LogP contribution in [0.15, 0.2) is 41.3 Å². The van der Waals surface area contributed by atoms with E-state index in [1.807, 2.05) is 11.0 Å². The highest BCUT2D eigenvalue weighted by Crippen LogP contribution is 2.32. The molecule has 162 valence electrons. The molecule has 1 aliphatic heterocycles. The van der Waals surface area contributed by atoms with Crippen LogP contribution in [0.2, 0.25) is 0 Å².